The van der Waals surface area contributed by atoms with Gasteiger partial charge < -0.3 is 9.05 Å². The molecule has 122 valence electrons. The molecule has 0 fully saturated rings. The summed E-state index contributed by atoms with van der Waals surface area (Å²) in [5.41, 5.74) is 0. The number of benzene rings is 3. The summed E-state index contributed by atoms with van der Waals surface area (Å²) in [6.45, 7) is 0. The Morgan fingerprint density at radius 1 is 0.625 bits per heavy atom. The largest absolute Gasteiger partial charge is 0.462 e. The van der Waals surface area contributed by atoms with Gasteiger partial charge in [-0.3, -0.25) is 0 Å². The van der Waals surface area contributed by atoms with Crippen LogP contribution in [0.3, 0.4) is 0 Å². The van der Waals surface area contributed by atoms with Crippen molar-refractivity contribution in [1.29, 1.82) is 0 Å². The second-order valence-corrected chi connectivity index (χ2v) is 6.80. The maximum absolute atomic E-state index is 13.3. The van der Waals surface area contributed by atoms with Crippen molar-refractivity contribution >= 4 is 12.9 Å². The standard InChI is InChI=1S/C18H13F2O3P/c19-14-6-10-16(11-7-14)22-24(21,18-4-2-1-3-5-18)23-17-12-8-15(20)9-13-17/h1-13H. The van der Waals surface area contributed by atoms with Crippen molar-refractivity contribution in [3.8, 4) is 11.5 Å². The minimum Gasteiger partial charge on any atom is -0.413 e. The Morgan fingerprint density at radius 2 is 1.04 bits per heavy atom. The quantitative estimate of drug-likeness (QED) is 0.614. The van der Waals surface area contributed by atoms with Crippen LogP contribution in [0.2, 0.25) is 0 Å². The summed E-state index contributed by atoms with van der Waals surface area (Å²) < 4.78 is 50.5. The number of hydrogen-bond acceptors (Lipinski definition) is 3. The van der Waals surface area contributed by atoms with Crippen LogP contribution in [0, 0.1) is 11.6 Å². The second kappa shape index (κ2) is 6.85. The highest BCUT2D eigenvalue weighted by Crippen LogP contribution is 2.47. The third-order valence-electron chi connectivity index (χ3n) is 3.15. The van der Waals surface area contributed by atoms with Crippen LogP contribution in [0.15, 0.2) is 78.9 Å². The van der Waals surface area contributed by atoms with Crippen molar-refractivity contribution < 1.29 is 22.4 Å². The molecule has 0 bridgehead atoms. The molecule has 6 heteroatoms. The molecule has 3 rings (SSSR count). The number of rotatable bonds is 5. The van der Waals surface area contributed by atoms with Gasteiger partial charge in [-0.1, -0.05) is 18.2 Å². The van der Waals surface area contributed by atoms with Crippen LogP contribution >= 0.6 is 7.60 Å². The molecule has 0 aliphatic rings. The fourth-order valence-electron chi connectivity index (χ4n) is 2.00. The molecule has 0 atom stereocenters. The molecule has 0 unspecified atom stereocenters. The van der Waals surface area contributed by atoms with E-state index < -0.39 is 19.2 Å². The Hall–Kier alpha value is -2.65. The monoisotopic (exact) mass is 346 g/mol. The van der Waals surface area contributed by atoms with Crippen LogP contribution in [0.5, 0.6) is 11.5 Å². The van der Waals surface area contributed by atoms with E-state index in [1.54, 1.807) is 30.3 Å². The van der Waals surface area contributed by atoms with Gasteiger partial charge in [-0.15, -0.1) is 0 Å². The highest BCUT2D eigenvalue weighted by atomic mass is 31.2. The zero-order chi connectivity index (χ0) is 17.0. The summed E-state index contributed by atoms with van der Waals surface area (Å²) in [5.74, 6) is -0.468. The molecule has 24 heavy (non-hydrogen) atoms. The molecule has 0 saturated carbocycles. The summed E-state index contributed by atoms with van der Waals surface area (Å²) in [4.78, 5) is 0. The first-order valence-electron chi connectivity index (χ1n) is 7.11. The van der Waals surface area contributed by atoms with Gasteiger partial charge in [0.1, 0.15) is 23.1 Å². The van der Waals surface area contributed by atoms with Gasteiger partial charge in [-0.05, 0) is 60.7 Å². The van der Waals surface area contributed by atoms with E-state index in [0.717, 1.165) is 0 Å². The summed E-state index contributed by atoms with van der Waals surface area (Å²) in [5, 5.41) is 0.332. The lowest BCUT2D eigenvalue weighted by molar-refractivity contribution is 0.398. The molecule has 0 amide bonds. The molecule has 0 N–H and O–H groups in total. The Balaban J connectivity index is 1.95. The molecule has 0 aliphatic carbocycles. The summed E-state index contributed by atoms with van der Waals surface area (Å²) in [7, 11) is -3.79. The highest BCUT2D eigenvalue weighted by molar-refractivity contribution is 7.63. The Bertz CT molecular complexity index is 798. The number of halogens is 2. The molecule has 0 aromatic heterocycles. The van der Waals surface area contributed by atoms with E-state index in [2.05, 4.69) is 0 Å². The molecular formula is C18H13F2O3P. The van der Waals surface area contributed by atoms with E-state index in [1.165, 1.54) is 48.5 Å². The van der Waals surface area contributed by atoms with Gasteiger partial charge in [-0.2, -0.15) is 0 Å². The zero-order valence-corrected chi connectivity index (χ0v) is 13.3. The summed E-state index contributed by atoms with van der Waals surface area (Å²) >= 11 is 0. The maximum atomic E-state index is 13.3. The number of hydrogen-bond donors (Lipinski definition) is 0. The third-order valence-corrected chi connectivity index (χ3v) is 4.98. The van der Waals surface area contributed by atoms with Gasteiger partial charge in [0, 0.05) is 0 Å². The molecule has 3 aromatic carbocycles. The van der Waals surface area contributed by atoms with Gasteiger partial charge in [0.25, 0.3) is 0 Å². The van der Waals surface area contributed by atoms with E-state index in [-0.39, 0.29) is 11.5 Å². The third kappa shape index (κ3) is 3.81. The lowest BCUT2D eigenvalue weighted by Crippen LogP contribution is -2.14. The Labute approximate surface area is 138 Å². The average Bonchev–Trinajstić information content (AvgIpc) is 2.60. The van der Waals surface area contributed by atoms with E-state index >= 15 is 0 Å². The second-order valence-electron chi connectivity index (χ2n) is 4.92. The summed E-state index contributed by atoms with van der Waals surface area (Å²) in [6, 6.07) is 18.6. The fraction of sp³-hybridized carbons (Fsp3) is 0. The first-order chi connectivity index (χ1) is 11.5. The molecule has 0 heterocycles. The minimum absolute atomic E-state index is 0.200. The van der Waals surface area contributed by atoms with Crippen LogP contribution in [0.1, 0.15) is 0 Å². The first kappa shape index (κ1) is 16.2. The van der Waals surface area contributed by atoms with E-state index in [4.69, 9.17) is 9.05 Å². The van der Waals surface area contributed by atoms with Crippen LogP contribution in [-0.4, -0.2) is 0 Å². The Kier molecular flexibility index (Phi) is 4.63. The predicted octanol–water partition coefficient (Wildman–Crippen LogP) is 4.94. The highest BCUT2D eigenvalue weighted by Gasteiger charge is 2.31. The molecule has 0 spiro atoms. The van der Waals surface area contributed by atoms with Gasteiger partial charge in [0.2, 0.25) is 0 Å². The van der Waals surface area contributed by atoms with E-state index in [0.29, 0.717) is 5.30 Å². The molecular weight excluding hydrogens is 333 g/mol. The smallest absolute Gasteiger partial charge is 0.413 e. The van der Waals surface area contributed by atoms with Crippen LogP contribution in [-0.2, 0) is 4.57 Å². The van der Waals surface area contributed by atoms with E-state index in [9.17, 15) is 13.3 Å². The van der Waals surface area contributed by atoms with Gasteiger partial charge >= 0.3 is 7.60 Å². The van der Waals surface area contributed by atoms with Crippen LogP contribution in [0.4, 0.5) is 8.78 Å². The minimum atomic E-state index is -3.79. The van der Waals surface area contributed by atoms with Gasteiger partial charge in [0.05, 0.1) is 5.30 Å². The van der Waals surface area contributed by atoms with Crippen molar-refractivity contribution in [1.82, 2.24) is 0 Å². The van der Waals surface area contributed by atoms with Crippen molar-refractivity contribution in [2.45, 2.75) is 0 Å². The molecule has 0 aliphatic heterocycles. The first-order valence-corrected chi connectivity index (χ1v) is 8.65. The lowest BCUT2D eigenvalue weighted by atomic mass is 10.3. The topological polar surface area (TPSA) is 35.5 Å². The predicted molar refractivity (Wildman–Crippen MR) is 87.7 cm³/mol. The SMILES string of the molecule is O=P(Oc1ccc(F)cc1)(Oc1ccc(F)cc1)c1ccccc1. The van der Waals surface area contributed by atoms with Crippen molar-refractivity contribution in [3.05, 3.63) is 90.5 Å². The van der Waals surface area contributed by atoms with Crippen molar-refractivity contribution in [2.24, 2.45) is 0 Å². The van der Waals surface area contributed by atoms with Crippen molar-refractivity contribution in [3.63, 3.8) is 0 Å². The normalized spacial score (nSPS) is 11.1. The fourth-order valence-corrected chi connectivity index (χ4v) is 3.59. The summed E-state index contributed by atoms with van der Waals surface area (Å²) in [6.07, 6.45) is 0. The molecule has 3 nitrogen and oxygen atoms in total. The van der Waals surface area contributed by atoms with Gasteiger partial charge in [-0.25, -0.2) is 13.3 Å². The molecule has 3 aromatic rings. The maximum Gasteiger partial charge on any atom is 0.462 e. The molecule has 0 radical (unpaired) electrons. The van der Waals surface area contributed by atoms with Crippen molar-refractivity contribution in [2.75, 3.05) is 0 Å². The van der Waals surface area contributed by atoms with Gasteiger partial charge in [0.15, 0.2) is 0 Å². The average molecular weight is 346 g/mol. The Morgan fingerprint density at radius 3 is 1.46 bits per heavy atom. The van der Waals surface area contributed by atoms with Crippen LogP contribution < -0.4 is 14.4 Å². The zero-order valence-electron chi connectivity index (χ0n) is 12.4. The van der Waals surface area contributed by atoms with E-state index in [1.807, 2.05) is 0 Å². The molecule has 0 saturated heterocycles. The van der Waals surface area contributed by atoms with Crippen LogP contribution in [0.25, 0.3) is 0 Å². The lowest BCUT2D eigenvalue weighted by Gasteiger charge is -2.20.